The van der Waals surface area contributed by atoms with E-state index in [1.807, 2.05) is 23.6 Å². The average molecular weight is 460 g/mol. The fourth-order valence-electron chi connectivity index (χ4n) is 4.71. The molecule has 2 aliphatic heterocycles. The maximum atomic E-state index is 12.7. The van der Waals surface area contributed by atoms with Gasteiger partial charge in [-0.15, -0.1) is 11.3 Å². The molecule has 1 atom stereocenters. The van der Waals surface area contributed by atoms with E-state index in [0.29, 0.717) is 62.8 Å². The predicted molar refractivity (Wildman–Crippen MR) is 126 cm³/mol. The van der Waals surface area contributed by atoms with Gasteiger partial charge in [-0.3, -0.25) is 19.3 Å². The third kappa shape index (κ3) is 4.88. The number of hydrogen-bond acceptors (Lipinski definition) is 6. The fraction of sp³-hybridized carbons (Fsp3) is 0.652. The first kappa shape index (κ1) is 22.9. The maximum absolute atomic E-state index is 12.7. The van der Waals surface area contributed by atoms with Crippen LogP contribution in [-0.4, -0.2) is 81.8 Å². The van der Waals surface area contributed by atoms with Gasteiger partial charge in [-0.25, -0.2) is 4.98 Å². The van der Waals surface area contributed by atoms with E-state index < -0.39 is 0 Å². The minimum Gasteiger partial charge on any atom is -0.340 e. The molecule has 4 rings (SSSR count). The number of carbonyl (C=O) groups excluding carboxylic acids is 2. The number of fused-ring (bicyclic) bond motifs is 1. The van der Waals surface area contributed by atoms with Crippen molar-refractivity contribution < 1.29 is 9.59 Å². The summed E-state index contributed by atoms with van der Waals surface area (Å²) in [6.07, 6.45) is 4.13. The topological polar surface area (TPSA) is 89.6 Å². The molecule has 2 aromatic rings. The van der Waals surface area contributed by atoms with Gasteiger partial charge in [0.05, 0.1) is 11.9 Å². The molecule has 32 heavy (non-hydrogen) atoms. The van der Waals surface area contributed by atoms with Crippen molar-refractivity contribution in [3.8, 4) is 0 Å². The summed E-state index contributed by atoms with van der Waals surface area (Å²) in [4.78, 5) is 53.1. The van der Waals surface area contributed by atoms with Gasteiger partial charge in [0.25, 0.3) is 5.56 Å². The number of aryl methyl sites for hydroxylation is 3. The van der Waals surface area contributed by atoms with Crippen LogP contribution in [0.15, 0.2) is 4.79 Å². The summed E-state index contributed by atoms with van der Waals surface area (Å²) < 4.78 is 0. The van der Waals surface area contributed by atoms with Gasteiger partial charge >= 0.3 is 0 Å². The van der Waals surface area contributed by atoms with Crippen molar-refractivity contribution in [2.45, 2.75) is 58.9 Å². The summed E-state index contributed by atoms with van der Waals surface area (Å²) >= 11 is 1.52. The van der Waals surface area contributed by atoms with Gasteiger partial charge in [0.2, 0.25) is 11.8 Å². The molecule has 4 heterocycles. The quantitative estimate of drug-likeness (QED) is 0.740. The Morgan fingerprint density at radius 2 is 1.84 bits per heavy atom. The van der Waals surface area contributed by atoms with E-state index in [2.05, 4.69) is 21.8 Å². The van der Waals surface area contributed by atoms with Crippen LogP contribution in [0.1, 0.15) is 48.9 Å². The number of carbonyl (C=O) groups is 2. The van der Waals surface area contributed by atoms with Crippen molar-refractivity contribution in [3.05, 3.63) is 26.6 Å². The molecule has 9 heteroatoms. The molecule has 2 saturated heterocycles. The highest BCUT2D eigenvalue weighted by molar-refractivity contribution is 7.18. The molecule has 2 amide bonds. The second-order valence-corrected chi connectivity index (χ2v) is 10.3. The number of nitrogens with one attached hydrogen (secondary N) is 1. The van der Waals surface area contributed by atoms with E-state index in [1.54, 1.807) is 0 Å². The predicted octanol–water partition coefficient (Wildman–Crippen LogP) is 2.08. The second kappa shape index (κ2) is 9.70. The first-order valence-electron chi connectivity index (χ1n) is 11.6. The minimum atomic E-state index is -0.124. The molecule has 0 unspecified atom stereocenters. The van der Waals surface area contributed by atoms with E-state index in [1.165, 1.54) is 17.8 Å². The Morgan fingerprint density at radius 3 is 2.56 bits per heavy atom. The van der Waals surface area contributed by atoms with Crippen LogP contribution in [-0.2, 0) is 16.0 Å². The molecule has 0 saturated carbocycles. The lowest BCUT2D eigenvalue weighted by Gasteiger charge is -2.38. The molecule has 174 valence electrons. The lowest BCUT2D eigenvalue weighted by atomic mass is 10.0. The highest BCUT2D eigenvalue weighted by Crippen LogP contribution is 2.25. The number of amides is 2. The number of hydrogen-bond donors (Lipinski definition) is 1. The fourth-order valence-corrected chi connectivity index (χ4v) is 5.76. The number of thiophene rings is 1. The van der Waals surface area contributed by atoms with Crippen molar-refractivity contribution in [1.29, 1.82) is 0 Å². The number of nitrogens with zero attached hydrogens (tertiary/aromatic N) is 4. The smallest absolute Gasteiger partial charge is 0.259 e. The summed E-state index contributed by atoms with van der Waals surface area (Å²) in [7, 11) is 0. The largest absolute Gasteiger partial charge is 0.340 e. The number of aromatic nitrogens is 2. The van der Waals surface area contributed by atoms with Crippen molar-refractivity contribution in [2.75, 3.05) is 39.3 Å². The van der Waals surface area contributed by atoms with E-state index in [-0.39, 0.29) is 17.4 Å². The molecule has 8 nitrogen and oxygen atoms in total. The second-order valence-electron chi connectivity index (χ2n) is 9.06. The van der Waals surface area contributed by atoms with Gasteiger partial charge in [-0.2, -0.15) is 0 Å². The lowest BCUT2D eigenvalue weighted by molar-refractivity contribution is -0.137. The summed E-state index contributed by atoms with van der Waals surface area (Å²) in [5.41, 5.74) is 0.855. The van der Waals surface area contributed by atoms with Gasteiger partial charge in [-0.1, -0.05) is 0 Å². The van der Waals surface area contributed by atoms with Crippen LogP contribution < -0.4 is 5.56 Å². The van der Waals surface area contributed by atoms with Gasteiger partial charge in [-0.05, 0) is 45.6 Å². The molecular weight excluding hydrogens is 426 g/mol. The monoisotopic (exact) mass is 459 g/mol. The molecule has 2 aromatic heterocycles. The highest BCUT2D eigenvalue weighted by atomic mass is 32.1. The van der Waals surface area contributed by atoms with Gasteiger partial charge in [0.1, 0.15) is 10.7 Å². The Balaban J connectivity index is 1.26. The zero-order valence-corrected chi connectivity index (χ0v) is 20.1. The number of piperazine rings is 1. The van der Waals surface area contributed by atoms with Crippen molar-refractivity contribution in [2.24, 2.45) is 0 Å². The summed E-state index contributed by atoms with van der Waals surface area (Å²) in [6, 6.07) is 0.334. The number of likely N-dealkylation sites (tertiary alicyclic amines) is 1. The molecule has 2 aliphatic rings. The Morgan fingerprint density at radius 1 is 1.09 bits per heavy atom. The van der Waals surface area contributed by atoms with Gasteiger partial charge in [0, 0.05) is 56.5 Å². The van der Waals surface area contributed by atoms with Crippen LogP contribution in [0, 0.1) is 13.8 Å². The molecule has 0 aliphatic carbocycles. The van der Waals surface area contributed by atoms with Crippen molar-refractivity contribution in [1.82, 2.24) is 24.7 Å². The van der Waals surface area contributed by atoms with Crippen LogP contribution in [0.4, 0.5) is 0 Å². The molecule has 0 radical (unpaired) electrons. The van der Waals surface area contributed by atoms with Crippen molar-refractivity contribution in [3.63, 3.8) is 0 Å². The zero-order valence-electron chi connectivity index (χ0n) is 19.3. The summed E-state index contributed by atoms with van der Waals surface area (Å²) in [5, 5.41) is 0.659. The van der Waals surface area contributed by atoms with E-state index in [4.69, 9.17) is 0 Å². The molecule has 0 spiro atoms. The average Bonchev–Trinajstić information content (AvgIpc) is 3.06. The Labute approximate surface area is 192 Å². The first-order chi connectivity index (χ1) is 15.3. The van der Waals surface area contributed by atoms with E-state index >= 15 is 0 Å². The molecule has 1 N–H and O–H groups in total. The maximum Gasteiger partial charge on any atom is 0.259 e. The third-order valence-corrected chi connectivity index (χ3v) is 7.97. The SMILES string of the molecule is Cc1sc2nc(CCC(=O)N3CCN(CC(=O)N4CCCC[C@@H]4C)CC3)[nH]c(=O)c2c1C. The van der Waals surface area contributed by atoms with Crippen LogP contribution in [0.3, 0.4) is 0 Å². The standard InChI is InChI=1S/C23H33N5O3S/c1-15-6-4-5-9-28(15)20(30)14-26-10-12-27(13-11-26)19(29)8-7-18-24-22(31)21-16(2)17(3)32-23(21)25-18/h15H,4-14H2,1-3H3,(H,24,25,31)/t15-/m0/s1. The lowest BCUT2D eigenvalue weighted by Crippen LogP contribution is -2.53. The Kier molecular flexibility index (Phi) is 6.95. The van der Waals surface area contributed by atoms with Crippen LogP contribution >= 0.6 is 11.3 Å². The first-order valence-corrected chi connectivity index (χ1v) is 12.4. The number of rotatable bonds is 5. The van der Waals surface area contributed by atoms with Crippen LogP contribution in [0.2, 0.25) is 0 Å². The normalized spacial score (nSPS) is 20.2. The van der Waals surface area contributed by atoms with Crippen LogP contribution in [0.25, 0.3) is 10.2 Å². The number of H-pyrrole nitrogens is 1. The van der Waals surface area contributed by atoms with Gasteiger partial charge in [0.15, 0.2) is 0 Å². The molecular formula is C23H33N5O3S. The van der Waals surface area contributed by atoms with E-state index in [9.17, 15) is 14.4 Å². The molecule has 0 bridgehead atoms. The summed E-state index contributed by atoms with van der Waals surface area (Å²) in [5.74, 6) is 0.848. The molecule has 2 fully saturated rings. The highest BCUT2D eigenvalue weighted by Gasteiger charge is 2.27. The minimum absolute atomic E-state index is 0.0712. The third-order valence-electron chi connectivity index (χ3n) is 6.87. The Bertz CT molecular complexity index is 1050. The van der Waals surface area contributed by atoms with Gasteiger partial charge < -0.3 is 14.8 Å². The Hall–Kier alpha value is -2.26. The molecule has 0 aromatic carbocycles. The number of piperidine rings is 1. The van der Waals surface area contributed by atoms with Crippen molar-refractivity contribution >= 4 is 33.4 Å². The zero-order chi connectivity index (χ0) is 22.8. The summed E-state index contributed by atoms with van der Waals surface area (Å²) in [6.45, 7) is 10.1. The van der Waals surface area contributed by atoms with Crippen LogP contribution in [0.5, 0.6) is 0 Å². The van der Waals surface area contributed by atoms with E-state index in [0.717, 1.165) is 34.7 Å². The number of aromatic amines is 1.